The Bertz CT molecular complexity index is 1320. The minimum Gasteiger partial charge on any atom is -0.491 e. The number of nitrogen functional groups attached to an aromatic ring is 1. The van der Waals surface area contributed by atoms with E-state index in [1.807, 2.05) is 69.3 Å². The molecule has 0 saturated carbocycles. The molecule has 7 nitrogen and oxygen atoms in total. The monoisotopic (exact) mass is 462 g/mol. The lowest BCUT2D eigenvalue weighted by molar-refractivity contribution is 0.0946. The molecule has 1 amide bonds. The number of anilines is 1. The Hall–Kier alpha value is -3.65. The summed E-state index contributed by atoms with van der Waals surface area (Å²) in [6, 6.07) is 15.4. The van der Waals surface area contributed by atoms with E-state index in [0.29, 0.717) is 17.2 Å². The fourth-order valence-electron chi connectivity index (χ4n) is 3.59. The molecule has 2 heterocycles. The Morgan fingerprint density at radius 2 is 1.94 bits per heavy atom. The molecule has 0 spiro atoms. The molecule has 3 N–H and O–H groups in total. The number of thiazole rings is 1. The molecule has 0 unspecified atom stereocenters. The van der Waals surface area contributed by atoms with E-state index < -0.39 is 0 Å². The van der Waals surface area contributed by atoms with E-state index in [-0.39, 0.29) is 17.9 Å². The minimum absolute atomic E-state index is 0.0389. The topological polar surface area (TPSA) is 99.4 Å². The summed E-state index contributed by atoms with van der Waals surface area (Å²) < 4.78 is 12.3. The summed E-state index contributed by atoms with van der Waals surface area (Å²) in [6.45, 7) is 6.15. The van der Waals surface area contributed by atoms with E-state index in [9.17, 15) is 4.79 Å². The molecule has 0 aliphatic heterocycles. The van der Waals surface area contributed by atoms with Crippen LogP contribution in [0.3, 0.4) is 0 Å². The van der Waals surface area contributed by atoms with Crippen LogP contribution < -0.4 is 20.5 Å². The molecule has 33 heavy (non-hydrogen) atoms. The van der Waals surface area contributed by atoms with Crippen LogP contribution in [-0.4, -0.2) is 29.1 Å². The average Bonchev–Trinajstić information content (AvgIpc) is 3.16. The second-order valence-electron chi connectivity index (χ2n) is 7.87. The summed E-state index contributed by atoms with van der Waals surface area (Å²) in [4.78, 5) is 22.0. The van der Waals surface area contributed by atoms with E-state index in [1.165, 1.54) is 18.4 Å². The van der Waals surface area contributed by atoms with Crippen molar-refractivity contribution in [3.05, 3.63) is 65.4 Å². The highest BCUT2D eigenvalue weighted by molar-refractivity contribution is 7.22. The minimum atomic E-state index is -0.275. The standard InChI is InChI=1S/C25H26N4O3S/c1-14(2)32-21-8-6-5-7-17(21)13-27-23(30)19-12-18(15(3)28-24(19)31-4)16-9-10-20-22(11-16)33-25(26)29-20/h5-12,14H,13H2,1-4H3,(H2,26,29)(H,27,30). The van der Waals surface area contributed by atoms with Gasteiger partial charge in [0.1, 0.15) is 11.3 Å². The van der Waals surface area contributed by atoms with Gasteiger partial charge in [-0.1, -0.05) is 35.6 Å². The van der Waals surface area contributed by atoms with Gasteiger partial charge in [0.2, 0.25) is 5.88 Å². The fraction of sp³-hybridized carbons (Fsp3) is 0.240. The van der Waals surface area contributed by atoms with Crippen LogP contribution in [-0.2, 0) is 6.54 Å². The number of amides is 1. The molecule has 0 aliphatic rings. The van der Waals surface area contributed by atoms with Gasteiger partial charge in [0.25, 0.3) is 5.91 Å². The summed E-state index contributed by atoms with van der Waals surface area (Å²) in [5.41, 5.74) is 10.5. The van der Waals surface area contributed by atoms with Crippen LogP contribution in [0.15, 0.2) is 48.5 Å². The van der Waals surface area contributed by atoms with Crippen molar-refractivity contribution in [2.45, 2.75) is 33.4 Å². The van der Waals surface area contributed by atoms with E-state index in [2.05, 4.69) is 15.3 Å². The predicted molar refractivity (Wildman–Crippen MR) is 132 cm³/mol. The molecule has 0 fully saturated rings. The molecule has 8 heteroatoms. The quantitative estimate of drug-likeness (QED) is 0.402. The lowest BCUT2D eigenvalue weighted by atomic mass is 10.0. The highest BCUT2D eigenvalue weighted by atomic mass is 32.1. The maximum Gasteiger partial charge on any atom is 0.257 e. The maximum absolute atomic E-state index is 13.1. The first kappa shape index (κ1) is 22.5. The number of hydrogen-bond donors (Lipinski definition) is 2. The Morgan fingerprint density at radius 3 is 2.70 bits per heavy atom. The van der Waals surface area contributed by atoms with Crippen LogP contribution in [0.4, 0.5) is 5.13 Å². The number of nitrogens with two attached hydrogens (primary N) is 1. The molecule has 4 rings (SSSR count). The number of hydrogen-bond acceptors (Lipinski definition) is 7. The molecule has 0 atom stereocenters. The fourth-order valence-corrected chi connectivity index (χ4v) is 4.37. The van der Waals surface area contributed by atoms with Crippen molar-refractivity contribution >= 4 is 32.6 Å². The van der Waals surface area contributed by atoms with Gasteiger partial charge in [0, 0.05) is 23.4 Å². The van der Waals surface area contributed by atoms with Gasteiger partial charge in [-0.05, 0) is 50.6 Å². The number of methoxy groups -OCH3 is 1. The van der Waals surface area contributed by atoms with Crippen LogP contribution in [0.2, 0.25) is 0 Å². The molecule has 0 bridgehead atoms. The number of aryl methyl sites for hydroxylation is 1. The number of carbonyl (C=O) groups is 1. The molecular weight excluding hydrogens is 436 g/mol. The molecular formula is C25H26N4O3S. The first-order valence-electron chi connectivity index (χ1n) is 10.6. The summed E-state index contributed by atoms with van der Waals surface area (Å²) in [6.07, 6.45) is 0.0389. The largest absolute Gasteiger partial charge is 0.491 e. The number of para-hydroxylation sites is 1. The van der Waals surface area contributed by atoms with Gasteiger partial charge < -0.3 is 20.5 Å². The highest BCUT2D eigenvalue weighted by Crippen LogP contribution is 2.32. The molecule has 2 aromatic heterocycles. The Balaban J connectivity index is 1.63. The molecule has 0 radical (unpaired) electrons. The second kappa shape index (κ2) is 9.46. The van der Waals surface area contributed by atoms with E-state index in [4.69, 9.17) is 15.2 Å². The zero-order chi connectivity index (χ0) is 23.5. The van der Waals surface area contributed by atoms with Crippen molar-refractivity contribution in [1.29, 1.82) is 0 Å². The van der Waals surface area contributed by atoms with Crippen LogP contribution in [0.1, 0.15) is 35.5 Å². The van der Waals surface area contributed by atoms with Gasteiger partial charge in [-0.2, -0.15) is 0 Å². The SMILES string of the molecule is COc1nc(C)c(-c2ccc3nc(N)sc3c2)cc1C(=O)NCc1ccccc1OC(C)C. The third-order valence-electron chi connectivity index (χ3n) is 5.11. The third-order valence-corrected chi connectivity index (χ3v) is 5.95. The smallest absolute Gasteiger partial charge is 0.257 e. The number of pyridine rings is 1. The van der Waals surface area contributed by atoms with Crippen LogP contribution >= 0.6 is 11.3 Å². The number of benzene rings is 2. The molecule has 0 saturated heterocycles. The van der Waals surface area contributed by atoms with Crippen molar-refractivity contribution in [2.24, 2.45) is 0 Å². The van der Waals surface area contributed by atoms with Gasteiger partial charge in [0.05, 0.1) is 23.4 Å². The first-order chi connectivity index (χ1) is 15.9. The van der Waals surface area contributed by atoms with Gasteiger partial charge in [-0.15, -0.1) is 0 Å². The molecule has 2 aromatic carbocycles. The Morgan fingerprint density at radius 1 is 1.15 bits per heavy atom. The molecule has 0 aliphatic carbocycles. The van der Waals surface area contributed by atoms with Crippen molar-refractivity contribution in [3.8, 4) is 22.8 Å². The number of rotatable bonds is 7. The van der Waals surface area contributed by atoms with Gasteiger partial charge in [-0.3, -0.25) is 4.79 Å². The summed E-state index contributed by atoms with van der Waals surface area (Å²) in [5.74, 6) is 0.756. The van der Waals surface area contributed by atoms with E-state index in [1.54, 1.807) is 0 Å². The van der Waals surface area contributed by atoms with Gasteiger partial charge >= 0.3 is 0 Å². The van der Waals surface area contributed by atoms with Crippen molar-refractivity contribution in [1.82, 2.24) is 15.3 Å². The number of nitrogens with zero attached hydrogens (tertiary/aromatic N) is 2. The normalized spacial score (nSPS) is 11.1. The van der Waals surface area contributed by atoms with Crippen molar-refractivity contribution < 1.29 is 14.3 Å². The van der Waals surface area contributed by atoms with Crippen molar-refractivity contribution in [3.63, 3.8) is 0 Å². The molecule has 170 valence electrons. The van der Waals surface area contributed by atoms with E-state index in [0.717, 1.165) is 38.4 Å². The van der Waals surface area contributed by atoms with Crippen LogP contribution in [0.5, 0.6) is 11.6 Å². The lowest BCUT2D eigenvalue weighted by Gasteiger charge is -2.16. The summed E-state index contributed by atoms with van der Waals surface area (Å²) in [7, 11) is 1.51. The zero-order valence-electron chi connectivity index (χ0n) is 19.0. The summed E-state index contributed by atoms with van der Waals surface area (Å²) in [5, 5.41) is 3.49. The first-order valence-corrected chi connectivity index (χ1v) is 11.4. The van der Waals surface area contributed by atoms with Crippen molar-refractivity contribution in [2.75, 3.05) is 12.8 Å². The van der Waals surface area contributed by atoms with E-state index >= 15 is 0 Å². The zero-order valence-corrected chi connectivity index (χ0v) is 19.8. The third kappa shape index (κ3) is 4.90. The number of ether oxygens (including phenoxy) is 2. The lowest BCUT2D eigenvalue weighted by Crippen LogP contribution is -2.24. The molecule has 4 aromatic rings. The average molecular weight is 463 g/mol. The number of fused-ring (bicyclic) bond motifs is 1. The number of nitrogens with one attached hydrogen (secondary N) is 1. The Labute approximate surface area is 196 Å². The second-order valence-corrected chi connectivity index (χ2v) is 8.93. The maximum atomic E-state index is 13.1. The van der Waals surface area contributed by atoms with Gasteiger partial charge in [-0.25, -0.2) is 9.97 Å². The van der Waals surface area contributed by atoms with Crippen LogP contribution in [0.25, 0.3) is 21.3 Å². The Kier molecular flexibility index (Phi) is 6.46. The predicted octanol–water partition coefficient (Wildman–Crippen LogP) is 4.97. The van der Waals surface area contributed by atoms with Crippen LogP contribution in [0, 0.1) is 6.92 Å². The summed E-state index contributed by atoms with van der Waals surface area (Å²) >= 11 is 1.43. The number of carbonyl (C=O) groups excluding carboxylic acids is 1. The van der Waals surface area contributed by atoms with Gasteiger partial charge in [0.15, 0.2) is 5.13 Å². The highest BCUT2D eigenvalue weighted by Gasteiger charge is 2.19. The number of aromatic nitrogens is 2.